The van der Waals surface area contributed by atoms with Crippen LogP contribution in [0, 0.1) is 0 Å². The van der Waals surface area contributed by atoms with Crippen molar-refractivity contribution in [3.8, 4) is 0 Å². The number of nitrogens with one attached hydrogen (secondary N) is 2. The smallest absolute Gasteiger partial charge is 0.315 e. The first-order valence-corrected chi connectivity index (χ1v) is 6.02. The number of urea groups is 1. The molecule has 1 aromatic carbocycles. The Morgan fingerprint density at radius 2 is 1.89 bits per heavy atom. The van der Waals surface area contributed by atoms with Crippen LogP contribution in [0.4, 0.5) is 10.5 Å². The van der Waals surface area contributed by atoms with Crippen LogP contribution < -0.4 is 15.5 Å². The minimum atomic E-state index is -0.208. The largest absolute Gasteiger partial charge is 0.396 e. The Hall–Kier alpha value is -1.75. The molecule has 18 heavy (non-hydrogen) atoms. The van der Waals surface area contributed by atoms with Crippen LogP contribution in [0.5, 0.6) is 0 Å². The number of amides is 2. The lowest BCUT2D eigenvalue weighted by molar-refractivity contribution is 0.238. The Bertz CT molecular complexity index is 363. The Kier molecular flexibility index (Phi) is 6.00. The van der Waals surface area contributed by atoms with Gasteiger partial charge >= 0.3 is 6.03 Å². The maximum Gasteiger partial charge on any atom is 0.315 e. The third-order valence-electron chi connectivity index (χ3n) is 2.53. The quantitative estimate of drug-likeness (QED) is 0.659. The van der Waals surface area contributed by atoms with Crippen LogP contribution in [0.2, 0.25) is 0 Å². The summed E-state index contributed by atoms with van der Waals surface area (Å²) in [6.07, 6.45) is 0.574. The van der Waals surface area contributed by atoms with Crippen molar-refractivity contribution in [1.82, 2.24) is 10.6 Å². The maximum atomic E-state index is 11.4. The summed E-state index contributed by atoms with van der Waals surface area (Å²) in [5, 5.41) is 14.0. The molecule has 1 rings (SSSR count). The van der Waals surface area contributed by atoms with E-state index in [-0.39, 0.29) is 12.6 Å². The van der Waals surface area contributed by atoms with Crippen molar-refractivity contribution in [2.24, 2.45) is 0 Å². The van der Waals surface area contributed by atoms with Crippen molar-refractivity contribution in [1.29, 1.82) is 0 Å². The van der Waals surface area contributed by atoms with E-state index < -0.39 is 0 Å². The summed E-state index contributed by atoms with van der Waals surface area (Å²) < 4.78 is 0. The number of anilines is 1. The second kappa shape index (κ2) is 7.55. The van der Waals surface area contributed by atoms with E-state index in [1.54, 1.807) is 0 Å². The second-order valence-electron chi connectivity index (χ2n) is 4.25. The van der Waals surface area contributed by atoms with Crippen LogP contribution in [0.1, 0.15) is 12.0 Å². The molecule has 2 amide bonds. The molecule has 0 aliphatic rings. The van der Waals surface area contributed by atoms with Crippen molar-refractivity contribution in [3.05, 3.63) is 29.8 Å². The Labute approximate surface area is 108 Å². The number of hydrogen-bond donors (Lipinski definition) is 3. The summed E-state index contributed by atoms with van der Waals surface area (Å²) in [6, 6.07) is 7.80. The Balaban J connectivity index is 2.32. The zero-order valence-electron chi connectivity index (χ0n) is 10.9. The molecule has 1 aromatic rings. The van der Waals surface area contributed by atoms with E-state index in [2.05, 4.69) is 10.6 Å². The molecule has 0 atom stereocenters. The molecule has 0 bridgehead atoms. The zero-order chi connectivity index (χ0) is 13.4. The molecule has 0 aromatic heterocycles. The van der Waals surface area contributed by atoms with Gasteiger partial charge in [0.15, 0.2) is 0 Å². The van der Waals surface area contributed by atoms with Crippen LogP contribution in [0.3, 0.4) is 0 Å². The summed E-state index contributed by atoms with van der Waals surface area (Å²) in [4.78, 5) is 13.4. The van der Waals surface area contributed by atoms with E-state index >= 15 is 0 Å². The number of aliphatic hydroxyl groups is 1. The Morgan fingerprint density at radius 1 is 1.22 bits per heavy atom. The molecule has 3 N–H and O–H groups in total. The van der Waals surface area contributed by atoms with Gasteiger partial charge in [0.25, 0.3) is 0 Å². The van der Waals surface area contributed by atoms with Gasteiger partial charge in [-0.2, -0.15) is 0 Å². The van der Waals surface area contributed by atoms with E-state index in [9.17, 15) is 4.79 Å². The van der Waals surface area contributed by atoms with Gasteiger partial charge in [-0.15, -0.1) is 0 Å². The van der Waals surface area contributed by atoms with Crippen LogP contribution >= 0.6 is 0 Å². The van der Waals surface area contributed by atoms with Crippen molar-refractivity contribution in [2.45, 2.75) is 13.0 Å². The predicted octanol–water partition coefficient (Wildman–Crippen LogP) is 0.934. The highest BCUT2D eigenvalue weighted by Crippen LogP contribution is 2.11. The first-order valence-electron chi connectivity index (χ1n) is 6.02. The third kappa shape index (κ3) is 5.05. The van der Waals surface area contributed by atoms with Gasteiger partial charge in [-0.1, -0.05) is 12.1 Å². The molecule has 5 heteroatoms. The summed E-state index contributed by atoms with van der Waals surface area (Å²) in [7, 11) is 3.98. The molecule has 5 nitrogen and oxygen atoms in total. The average molecular weight is 251 g/mol. The van der Waals surface area contributed by atoms with Crippen molar-refractivity contribution < 1.29 is 9.90 Å². The summed E-state index contributed by atoms with van der Waals surface area (Å²) >= 11 is 0. The molecule has 0 spiro atoms. The minimum Gasteiger partial charge on any atom is -0.396 e. The minimum absolute atomic E-state index is 0.0896. The van der Waals surface area contributed by atoms with Gasteiger partial charge in [-0.05, 0) is 24.1 Å². The molecule has 0 saturated heterocycles. The van der Waals surface area contributed by atoms with E-state index in [1.807, 2.05) is 43.3 Å². The highest BCUT2D eigenvalue weighted by Gasteiger charge is 2.00. The number of nitrogens with zero attached hydrogens (tertiary/aromatic N) is 1. The molecule has 0 aliphatic carbocycles. The van der Waals surface area contributed by atoms with E-state index in [1.165, 1.54) is 0 Å². The summed E-state index contributed by atoms with van der Waals surface area (Å²) in [5.74, 6) is 0. The lowest BCUT2D eigenvalue weighted by atomic mass is 10.2. The van der Waals surface area contributed by atoms with Gasteiger partial charge in [0, 0.05) is 39.5 Å². The van der Waals surface area contributed by atoms with E-state index in [0.29, 0.717) is 19.5 Å². The lowest BCUT2D eigenvalue weighted by Gasteiger charge is -2.13. The molecule has 0 fully saturated rings. The van der Waals surface area contributed by atoms with Gasteiger partial charge in [0.2, 0.25) is 0 Å². The van der Waals surface area contributed by atoms with Crippen molar-refractivity contribution in [2.75, 3.05) is 32.1 Å². The standard InChI is InChI=1S/C13H21N3O2/c1-16(2)12-6-4-11(5-7-12)10-15-13(18)14-8-3-9-17/h4-7,17H,3,8-10H2,1-2H3,(H2,14,15,18). The molecule has 0 saturated carbocycles. The Morgan fingerprint density at radius 3 is 2.44 bits per heavy atom. The lowest BCUT2D eigenvalue weighted by Crippen LogP contribution is -2.35. The highest BCUT2D eigenvalue weighted by molar-refractivity contribution is 5.73. The van der Waals surface area contributed by atoms with Gasteiger partial charge < -0.3 is 20.6 Å². The van der Waals surface area contributed by atoms with Crippen LogP contribution in [0.25, 0.3) is 0 Å². The van der Waals surface area contributed by atoms with Gasteiger partial charge in [0.05, 0.1) is 0 Å². The van der Waals surface area contributed by atoms with Crippen molar-refractivity contribution in [3.63, 3.8) is 0 Å². The number of carbonyl (C=O) groups excluding carboxylic acids is 1. The fourth-order valence-corrected chi connectivity index (χ4v) is 1.44. The first kappa shape index (κ1) is 14.3. The molecular formula is C13H21N3O2. The normalized spacial score (nSPS) is 9.94. The molecular weight excluding hydrogens is 230 g/mol. The predicted molar refractivity (Wildman–Crippen MR) is 72.7 cm³/mol. The topological polar surface area (TPSA) is 64.6 Å². The summed E-state index contributed by atoms with van der Waals surface area (Å²) in [6.45, 7) is 1.08. The monoisotopic (exact) mass is 251 g/mol. The van der Waals surface area contributed by atoms with Crippen LogP contribution in [-0.4, -0.2) is 38.4 Å². The highest BCUT2D eigenvalue weighted by atomic mass is 16.3. The molecule has 0 heterocycles. The SMILES string of the molecule is CN(C)c1ccc(CNC(=O)NCCCO)cc1. The number of rotatable bonds is 6. The first-order chi connectivity index (χ1) is 8.63. The number of aliphatic hydroxyl groups excluding tert-OH is 1. The van der Waals surface area contributed by atoms with Gasteiger partial charge in [-0.3, -0.25) is 0 Å². The summed E-state index contributed by atoms with van der Waals surface area (Å²) in [5.41, 5.74) is 2.18. The van der Waals surface area contributed by atoms with E-state index in [4.69, 9.17) is 5.11 Å². The van der Waals surface area contributed by atoms with E-state index in [0.717, 1.165) is 11.3 Å². The average Bonchev–Trinajstić information content (AvgIpc) is 2.37. The fraction of sp³-hybridized carbons (Fsp3) is 0.462. The van der Waals surface area contributed by atoms with Gasteiger partial charge in [-0.25, -0.2) is 4.79 Å². The molecule has 0 aliphatic heterocycles. The second-order valence-corrected chi connectivity index (χ2v) is 4.25. The molecule has 0 radical (unpaired) electrons. The van der Waals surface area contributed by atoms with Crippen molar-refractivity contribution >= 4 is 11.7 Å². The van der Waals surface area contributed by atoms with Crippen LogP contribution in [-0.2, 0) is 6.54 Å². The fourth-order valence-electron chi connectivity index (χ4n) is 1.44. The zero-order valence-corrected chi connectivity index (χ0v) is 10.9. The molecule has 100 valence electrons. The maximum absolute atomic E-state index is 11.4. The van der Waals surface area contributed by atoms with Crippen LogP contribution in [0.15, 0.2) is 24.3 Å². The molecule has 0 unspecified atom stereocenters. The third-order valence-corrected chi connectivity index (χ3v) is 2.53. The number of hydrogen-bond acceptors (Lipinski definition) is 3. The van der Waals surface area contributed by atoms with Gasteiger partial charge in [0.1, 0.15) is 0 Å². The number of carbonyl (C=O) groups is 1. The number of benzene rings is 1.